The second-order valence-electron chi connectivity index (χ2n) is 8.21. The quantitative estimate of drug-likeness (QED) is 0.144. The second kappa shape index (κ2) is 10.3. The molecule has 2 aromatic carbocycles. The van der Waals surface area contributed by atoms with E-state index in [9.17, 15) is 19.7 Å². The third-order valence-corrected chi connectivity index (χ3v) is 7.23. The molecule has 3 aromatic rings. The van der Waals surface area contributed by atoms with Gasteiger partial charge in [0.25, 0.3) is 11.6 Å². The number of rotatable bonds is 8. The van der Waals surface area contributed by atoms with Gasteiger partial charge in [-0.25, -0.2) is 4.79 Å². The van der Waals surface area contributed by atoms with Gasteiger partial charge in [0.15, 0.2) is 6.04 Å². The summed E-state index contributed by atoms with van der Waals surface area (Å²) in [7, 11) is 1.57. The van der Waals surface area contributed by atoms with Gasteiger partial charge in [-0.1, -0.05) is 12.1 Å². The van der Waals surface area contributed by atoms with Crippen LogP contribution in [-0.4, -0.2) is 52.2 Å². The van der Waals surface area contributed by atoms with Gasteiger partial charge in [-0.3, -0.25) is 24.8 Å². The summed E-state index contributed by atoms with van der Waals surface area (Å²) < 4.78 is 16.3. The van der Waals surface area contributed by atoms with Crippen molar-refractivity contribution in [2.45, 2.75) is 18.0 Å². The number of amides is 1. The van der Waals surface area contributed by atoms with Crippen molar-refractivity contribution >= 4 is 41.1 Å². The molecule has 3 heterocycles. The number of aliphatic imine (C=N–C) groups is 1. The summed E-state index contributed by atoms with van der Waals surface area (Å²) in [6.45, 7) is 0.0271. The van der Waals surface area contributed by atoms with Crippen molar-refractivity contribution in [2.75, 3.05) is 12.9 Å². The molecule has 1 fully saturated rings. The number of hydrogen-bond donors (Lipinski definition) is 0. The minimum Gasteiger partial charge on any atom is -0.497 e. The van der Waals surface area contributed by atoms with Crippen LogP contribution in [0.4, 0.5) is 5.69 Å². The van der Waals surface area contributed by atoms with E-state index in [-0.39, 0.29) is 29.3 Å². The molecule has 188 valence electrons. The Balaban J connectivity index is 1.35. The molecule has 2 aliphatic rings. The summed E-state index contributed by atoms with van der Waals surface area (Å²) in [6, 6.07) is 15.8. The Hall–Kier alpha value is -4.38. The Morgan fingerprint density at radius 2 is 1.97 bits per heavy atom. The summed E-state index contributed by atoms with van der Waals surface area (Å²) in [6.07, 6.45) is 3.02. The highest BCUT2D eigenvalue weighted by Gasteiger charge is 2.54. The first-order valence-electron chi connectivity index (χ1n) is 11.3. The molecule has 0 radical (unpaired) electrons. The first-order valence-corrected chi connectivity index (χ1v) is 12.3. The van der Waals surface area contributed by atoms with Gasteiger partial charge < -0.3 is 13.9 Å². The maximum Gasteiger partial charge on any atom is 0.355 e. The number of esters is 1. The van der Waals surface area contributed by atoms with Crippen LogP contribution in [0.25, 0.3) is 5.57 Å². The Morgan fingerprint density at radius 3 is 2.62 bits per heavy atom. The van der Waals surface area contributed by atoms with Gasteiger partial charge in [0.1, 0.15) is 29.2 Å². The molecule has 2 aliphatic heterocycles. The van der Waals surface area contributed by atoms with Crippen LogP contribution >= 0.6 is 11.8 Å². The van der Waals surface area contributed by atoms with Crippen LogP contribution in [-0.2, 0) is 20.9 Å². The minimum atomic E-state index is -0.692. The van der Waals surface area contributed by atoms with Gasteiger partial charge in [0, 0.05) is 29.7 Å². The van der Waals surface area contributed by atoms with E-state index in [0.717, 1.165) is 5.56 Å². The predicted molar refractivity (Wildman–Crippen MR) is 136 cm³/mol. The Morgan fingerprint density at radius 1 is 1.22 bits per heavy atom. The summed E-state index contributed by atoms with van der Waals surface area (Å²) in [5.41, 5.74) is 2.11. The molecular weight excluding hydrogens is 498 g/mol. The Bertz CT molecular complexity index is 1380. The van der Waals surface area contributed by atoms with Crippen LogP contribution in [0, 0.1) is 10.1 Å². The molecule has 1 aromatic heterocycles. The van der Waals surface area contributed by atoms with E-state index in [4.69, 9.17) is 13.9 Å². The van der Waals surface area contributed by atoms with E-state index in [1.54, 1.807) is 55.6 Å². The summed E-state index contributed by atoms with van der Waals surface area (Å²) >= 11 is 1.47. The third-order valence-electron chi connectivity index (χ3n) is 5.97. The van der Waals surface area contributed by atoms with E-state index >= 15 is 0 Å². The molecule has 1 saturated heterocycles. The minimum absolute atomic E-state index is 0.0271. The normalized spacial score (nSPS) is 18.9. The van der Waals surface area contributed by atoms with E-state index in [1.165, 1.54) is 41.3 Å². The van der Waals surface area contributed by atoms with Crippen molar-refractivity contribution in [3.8, 4) is 5.75 Å². The number of nitrogens with zero attached hydrogens (tertiary/aromatic N) is 3. The second-order valence-corrected chi connectivity index (χ2v) is 9.32. The smallest absolute Gasteiger partial charge is 0.355 e. The number of nitro groups is 1. The number of benzene rings is 2. The highest BCUT2D eigenvalue weighted by atomic mass is 32.2. The predicted octanol–water partition coefficient (Wildman–Crippen LogP) is 4.05. The first-order chi connectivity index (χ1) is 18.0. The van der Waals surface area contributed by atoms with E-state index < -0.39 is 16.9 Å². The third kappa shape index (κ3) is 4.85. The fourth-order valence-corrected chi connectivity index (χ4v) is 5.36. The standard InChI is InChI=1S/C26H21N3O7S/c1-34-19-10-6-17(7-11-19)14-36-26(31)23-20(21-3-2-12-35-21)15-37-25-22(24(30)28(23)25)27-13-16-4-8-18(9-5-16)29(32)33/h2-13,22,25H,14-15H2,1H3/t22-,25+/m0/s1. The summed E-state index contributed by atoms with van der Waals surface area (Å²) in [5.74, 6) is 0.650. The highest BCUT2D eigenvalue weighted by molar-refractivity contribution is 8.00. The lowest BCUT2D eigenvalue weighted by molar-refractivity contribution is -0.384. The molecule has 2 atom stereocenters. The zero-order valence-electron chi connectivity index (χ0n) is 19.6. The lowest BCUT2D eigenvalue weighted by atomic mass is 10.0. The monoisotopic (exact) mass is 519 g/mol. The molecule has 0 bridgehead atoms. The zero-order chi connectivity index (χ0) is 25.9. The molecule has 11 heteroatoms. The first kappa shape index (κ1) is 24.3. The molecular formula is C26H21N3O7S. The van der Waals surface area contributed by atoms with Gasteiger partial charge in [0.2, 0.25) is 0 Å². The SMILES string of the molecule is COc1ccc(COC(=O)C2=C(c3ccco3)CS[C@@H]3[C@@H](N=Cc4ccc([N+](=O)[O-])cc4)C(=O)N23)cc1. The van der Waals surface area contributed by atoms with Gasteiger partial charge in [-0.2, -0.15) is 0 Å². The van der Waals surface area contributed by atoms with Crippen LogP contribution in [0.1, 0.15) is 16.9 Å². The zero-order valence-corrected chi connectivity index (χ0v) is 20.4. The molecule has 0 N–H and O–H groups in total. The topological polar surface area (TPSA) is 124 Å². The summed E-state index contributed by atoms with van der Waals surface area (Å²) in [4.78, 5) is 42.6. The van der Waals surface area contributed by atoms with Gasteiger partial charge >= 0.3 is 5.97 Å². The average Bonchev–Trinajstić information content (AvgIpc) is 3.46. The van der Waals surface area contributed by atoms with Crippen molar-refractivity contribution in [3.05, 3.63) is 99.6 Å². The number of ether oxygens (including phenoxy) is 2. The number of thioether (sulfide) groups is 1. The number of furan rings is 1. The highest BCUT2D eigenvalue weighted by Crippen LogP contribution is 2.44. The largest absolute Gasteiger partial charge is 0.497 e. The van der Waals surface area contributed by atoms with Crippen molar-refractivity contribution in [3.63, 3.8) is 0 Å². The number of carbonyl (C=O) groups excluding carboxylic acids is 2. The van der Waals surface area contributed by atoms with Gasteiger partial charge in [0.05, 0.1) is 18.3 Å². The average molecular weight is 520 g/mol. The molecule has 0 unspecified atom stereocenters. The van der Waals surface area contributed by atoms with Gasteiger partial charge in [-0.15, -0.1) is 11.8 Å². The van der Waals surface area contributed by atoms with Crippen molar-refractivity contribution in [1.82, 2.24) is 4.90 Å². The lowest BCUT2D eigenvalue weighted by Crippen LogP contribution is -2.64. The number of non-ortho nitro benzene ring substituents is 1. The molecule has 10 nitrogen and oxygen atoms in total. The number of methoxy groups -OCH3 is 1. The lowest BCUT2D eigenvalue weighted by Gasteiger charge is -2.47. The number of β-lactam (4-membered cyclic amide) rings is 1. The van der Waals surface area contributed by atoms with E-state index in [1.807, 2.05) is 0 Å². The maximum absolute atomic E-state index is 13.3. The number of fused-ring (bicyclic) bond motifs is 1. The number of nitro benzene ring substituents is 1. The van der Waals surface area contributed by atoms with Crippen LogP contribution in [0.2, 0.25) is 0 Å². The fourth-order valence-electron chi connectivity index (χ4n) is 4.02. The van der Waals surface area contributed by atoms with E-state index in [0.29, 0.717) is 28.4 Å². The number of hydrogen-bond acceptors (Lipinski definition) is 9. The molecule has 0 saturated carbocycles. The van der Waals surface area contributed by atoms with Crippen LogP contribution in [0.15, 0.2) is 82.0 Å². The fraction of sp³-hybridized carbons (Fsp3) is 0.192. The summed E-state index contributed by atoms with van der Waals surface area (Å²) in [5, 5.41) is 10.5. The van der Waals surface area contributed by atoms with E-state index in [2.05, 4.69) is 4.99 Å². The van der Waals surface area contributed by atoms with Gasteiger partial charge in [-0.05, 0) is 47.5 Å². The molecule has 0 aliphatic carbocycles. The van der Waals surface area contributed by atoms with Crippen molar-refractivity contribution in [1.29, 1.82) is 0 Å². The van der Waals surface area contributed by atoms with Crippen LogP contribution < -0.4 is 4.74 Å². The molecule has 37 heavy (non-hydrogen) atoms. The Labute approximate surface area is 215 Å². The van der Waals surface area contributed by atoms with Crippen molar-refractivity contribution in [2.24, 2.45) is 4.99 Å². The van der Waals surface area contributed by atoms with Crippen molar-refractivity contribution < 1.29 is 28.4 Å². The number of carbonyl (C=O) groups is 2. The van der Waals surface area contributed by atoms with Crippen LogP contribution in [0.3, 0.4) is 0 Å². The molecule has 0 spiro atoms. The van der Waals surface area contributed by atoms with Crippen LogP contribution in [0.5, 0.6) is 5.75 Å². The Kier molecular flexibility index (Phi) is 6.78. The maximum atomic E-state index is 13.3. The molecule has 5 rings (SSSR count). The molecule has 1 amide bonds.